The summed E-state index contributed by atoms with van der Waals surface area (Å²) in [6.45, 7) is 0. The molecule has 1 heteroatoms. The Labute approximate surface area is 288 Å². The molecule has 0 amide bonds. The first kappa shape index (κ1) is 27.8. The molecule has 1 spiro atoms. The van der Waals surface area contributed by atoms with E-state index in [1.807, 2.05) is 0 Å². The van der Waals surface area contributed by atoms with Gasteiger partial charge in [-0.25, -0.2) is 0 Å². The van der Waals surface area contributed by atoms with Gasteiger partial charge in [-0.15, -0.1) is 0 Å². The van der Waals surface area contributed by atoms with Crippen molar-refractivity contribution >= 4 is 38.6 Å². The van der Waals surface area contributed by atoms with Gasteiger partial charge in [0.1, 0.15) is 0 Å². The van der Waals surface area contributed by atoms with Gasteiger partial charge in [0, 0.05) is 22.2 Å². The van der Waals surface area contributed by atoms with Crippen LogP contribution in [-0.2, 0) is 5.41 Å². The quantitative estimate of drug-likeness (QED) is 0.187. The van der Waals surface area contributed by atoms with E-state index in [0.29, 0.717) is 0 Å². The Kier molecular flexibility index (Phi) is 5.91. The summed E-state index contributed by atoms with van der Waals surface area (Å²) in [5.74, 6) is 3.44. The highest BCUT2D eigenvalue weighted by molar-refractivity contribution is 6.00. The van der Waals surface area contributed by atoms with Gasteiger partial charge >= 0.3 is 0 Å². The summed E-state index contributed by atoms with van der Waals surface area (Å²) in [4.78, 5) is 2.50. The predicted molar refractivity (Wildman–Crippen MR) is 205 cm³/mol. The van der Waals surface area contributed by atoms with Gasteiger partial charge in [-0.05, 0) is 136 Å². The zero-order valence-corrected chi connectivity index (χ0v) is 27.7. The number of benzene rings is 7. The van der Waals surface area contributed by atoms with Crippen LogP contribution in [0.1, 0.15) is 43.2 Å². The van der Waals surface area contributed by atoms with Crippen LogP contribution in [0.4, 0.5) is 17.1 Å². The van der Waals surface area contributed by atoms with Crippen molar-refractivity contribution in [2.45, 2.75) is 37.5 Å². The van der Waals surface area contributed by atoms with E-state index in [4.69, 9.17) is 0 Å². The van der Waals surface area contributed by atoms with Crippen LogP contribution in [0.25, 0.3) is 43.8 Å². The summed E-state index contributed by atoms with van der Waals surface area (Å²) < 4.78 is 0. The summed E-state index contributed by atoms with van der Waals surface area (Å²) in [6, 6.07) is 57.1. The monoisotopic (exact) mass is 629 g/mol. The van der Waals surface area contributed by atoms with Crippen molar-refractivity contribution < 1.29 is 0 Å². The van der Waals surface area contributed by atoms with E-state index in [0.717, 1.165) is 23.7 Å². The molecule has 49 heavy (non-hydrogen) atoms. The maximum absolute atomic E-state index is 2.55. The second-order valence-corrected chi connectivity index (χ2v) is 15.4. The lowest BCUT2D eigenvalue weighted by molar-refractivity contribution is -0.0399. The minimum absolute atomic E-state index is 0.183. The minimum Gasteiger partial charge on any atom is -0.310 e. The van der Waals surface area contributed by atoms with Gasteiger partial charge in [-0.3, -0.25) is 0 Å². The summed E-state index contributed by atoms with van der Waals surface area (Å²) in [7, 11) is 0. The Morgan fingerprint density at radius 2 is 1.00 bits per heavy atom. The number of hydrogen-bond donors (Lipinski definition) is 0. The first-order valence-electron chi connectivity index (χ1n) is 18.4. The fraction of sp³-hybridized carbons (Fsp3) is 0.208. The fourth-order valence-corrected chi connectivity index (χ4v) is 11.4. The van der Waals surface area contributed by atoms with Crippen molar-refractivity contribution in [2.24, 2.45) is 23.7 Å². The molecular formula is C48H39N. The van der Waals surface area contributed by atoms with Crippen molar-refractivity contribution in [1.82, 2.24) is 0 Å². The number of anilines is 3. The van der Waals surface area contributed by atoms with Gasteiger partial charge in [0.05, 0.1) is 5.69 Å². The molecule has 0 N–H and O–H groups in total. The summed E-state index contributed by atoms with van der Waals surface area (Å²) >= 11 is 0. The topological polar surface area (TPSA) is 3.24 Å². The summed E-state index contributed by atoms with van der Waals surface area (Å²) in [5.41, 5.74) is 12.5. The van der Waals surface area contributed by atoms with Crippen LogP contribution in [0.3, 0.4) is 0 Å². The van der Waals surface area contributed by atoms with Gasteiger partial charge in [0.15, 0.2) is 0 Å². The fourth-order valence-electron chi connectivity index (χ4n) is 11.4. The highest BCUT2D eigenvalue weighted by Crippen LogP contribution is 2.69. The molecule has 7 aromatic carbocycles. The number of fused-ring (bicyclic) bond motifs is 5. The van der Waals surface area contributed by atoms with Gasteiger partial charge < -0.3 is 4.90 Å². The normalized spacial score (nSPS) is 24.4. The van der Waals surface area contributed by atoms with E-state index in [2.05, 4.69) is 157 Å². The highest BCUT2D eigenvalue weighted by Gasteiger charge is 2.61. The number of hydrogen-bond acceptors (Lipinski definition) is 1. The van der Waals surface area contributed by atoms with Crippen LogP contribution in [0.15, 0.2) is 152 Å². The standard InChI is InChI=1S/C48H39N/c1-3-13-40-33(9-1)11-7-16-41(40)35-19-21-38(22-20-35)49(47-18-8-12-34-10-2-4-14-42(34)47)39-23-24-46-44(30-39)43-15-5-6-17-45(43)48(46)36-26-31-25-32(28-36)29-37(48)27-31/h1-24,30-32,36-37H,25-29H2. The van der Waals surface area contributed by atoms with Crippen LogP contribution < -0.4 is 4.90 Å². The Balaban J connectivity index is 1.09. The Morgan fingerprint density at radius 3 is 1.78 bits per heavy atom. The lowest BCUT2D eigenvalue weighted by Crippen LogP contribution is -2.55. The first-order chi connectivity index (χ1) is 24.3. The lowest BCUT2D eigenvalue weighted by Gasteiger charge is -2.61. The second-order valence-electron chi connectivity index (χ2n) is 15.4. The van der Waals surface area contributed by atoms with E-state index < -0.39 is 0 Å². The molecule has 5 aliphatic carbocycles. The Bertz CT molecular complexity index is 2380. The molecule has 1 nitrogen and oxygen atoms in total. The molecule has 0 unspecified atom stereocenters. The van der Waals surface area contributed by atoms with E-state index in [1.54, 1.807) is 11.1 Å². The maximum Gasteiger partial charge on any atom is 0.0540 e. The largest absolute Gasteiger partial charge is 0.310 e. The van der Waals surface area contributed by atoms with Gasteiger partial charge in [0.25, 0.3) is 0 Å². The molecule has 236 valence electrons. The van der Waals surface area contributed by atoms with Gasteiger partial charge in [0.2, 0.25) is 0 Å². The van der Waals surface area contributed by atoms with E-state index in [-0.39, 0.29) is 5.41 Å². The number of rotatable bonds is 4. The Morgan fingerprint density at radius 1 is 0.429 bits per heavy atom. The lowest BCUT2D eigenvalue weighted by atomic mass is 9.43. The number of nitrogens with zero attached hydrogens (tertiary/aromatic N) is 1. The van der Waals surface area contributed by atoms with Gasteiger partial charge in [-0.2, -0.15) is 0 Å². The Hall–Kier alpha value is -5.14. The van der Waals surface area contributed by atoms with E-state index in [9.17, 15) is 0 Å². The molecule has 7 aromatic rings. The van der Waals surface area contributed by atoms with Crippen molar-refractivity contribution in [2.75, 3.05) is 4.90 Å². The van der Waals surface area contributed by atoms with Crippen molar-refractivity contribution in [3.8, 4) is 22.3 Å². The molecule has 0 heterocycles. The molecular weight excluding hydrogens is 591 g/mol. The van der Waals surface area contributed by atoms with Crippen LogP contribution in [0.5, 0.6) is 0 Å². The molecule has 0 radical (unpaired) electrons. The molecule has 12 rings (SSSR count). The average molecular weight is 630 g/mol. The molecule has 0 aromatic heterocycles. The van der Waals surface area contributed by atoms with Crippen molar-refractivity contribution in [3.05, 3.63) is 163 Å². The van der Waals surface area contributed by atoms with E-state index >= 15 is 0 Å². The smallest absolute Gasteiger partial charge is 0.0540 e. The third-order valence-electron chi connectivity index (χ3n) is 13.0. The minimum atomic E-state index is 0.183. The zero-order valence-electron chi connectivity index (χ0n) is 27.7. The van der Waals surface area contributed by atoms with Crippen LogP contribution in [0.2, 0.25) is 0 Å². The molecule has 0 atom stereocenters. The molecule has 5 aliphatic rings. The molecule has 0 saturated heterocycles. The van der Waals surface area contributed by atoms with Crippen molar-refractivity contribution in [1.29, 1.82) is 0 Å². The zero-order chi connectivity index (χ0) is 32.1. The first-order valence-corrected chi connectivity index (χ1v) is 18.4. The molecule has 4 saturated carbocycles. The predicted octanol–water partition coefficient (Wildman–Crippen LogP) is 12.9. The highest BCUT2D eigenvalue weighted by atomic mass is 15.1. The van der Waals surface area contributed by atoms with E-state index in [1.165, 1.54) is 93.0 Å². The van der Waals surface area contributed by atoms with Crippen LogP contribution in [0, 0.1) is 23.7 Å². The molecule has 4 fully saturated rings. The van der Waals surface area contributed by atoms with Gasteiger partial charge in [-0.1, -0.05) is 121 Å². The van der Waals surface area contributed by atoms with Crippen LogP contribution in [-0.4, -0.2) is 0 Å². The third-order valence-corrected chi connectivity index (χ3v) is 13.0. The van der Waals surface area contributed by atoms with Crippen LogP contribution >= 0.6 is 0 Å². The molecule has 4 bridgehead atoms. The third kappa shape index (κ3) is 3.93. The second kappa shape index (κ2) is 10.4. The SMILES string of the molecule is c1ccc2c(c1)-c1cc(N(c3ccc(-c4cccc5ccccc45)cc3)c3cccc4ccccc34)ccc1C21C2CC3CC(C2)CC1C3. The summed E-state index contributed by atoms with van der Waals surface area (Å²) in [6.07, 6.45) is 7.12. The maximum atomic E-state index is 2.55. The molecule has 0 aliphatic heterocycles. The summed E-state index contributed by atoms with van der Waals surface area (Å²) in [5, 5.41) is 5.09. The van der Waals surface area contributed by atoms with Crippen molar-refractivity contribution in [3.63, 3.8) is 0 Å². The average Bonchev–Trinajstić information content (AvgIpc) is 3.44.